The molecule has 3 aromatic heterocycles. The van der Waals surface area contributed by atoms with E-state index in [2.05, 4.69) is 120 Å². The fraction of sp³-hybridized carbons (Fsp3) is 0. The second-order valence-electron chi connectivity index (χ2n) is 10.8. The molecule has 0 atom stereocenters. The van der Waals surface area contributed by atoms with Gasteiger partial charge in [-0.2, -0.15) is 0 Å². The predicted octanol–water partition coefficient (Wildman–Crippen LogP) is 10.1. The monoisotopic (exact) mass is 533 g/mol. The van der Waals surface area contributed by atoms with E-state index in [4.69, 9.17) is 9.97 Å². The molecule has 3 heteroatoms. The first kappa shape index (κ1) is 23.1. The smallest absolute Gasteiger partial charge is 0.0800 e. The van der Waals surface area contributed by atoms with Crippen LogP contribution in [-0.4, -0.2) is 15.0 Å². The highest BCUT2D eigenvalue weighted by Gasteiger charge is 2.21. The van der Waals surface area contributed by atoms with Crippen molar-refractivity contribution in [3.8, 4) is 22.4 Å². The van der Waals surface area contributed by atoms with Crippen molar-refractivity contribution in [2.24, 2.45) is 0 Å². The average Bonchev–Trinajstić information content (AvgIpc) is 3.06. The molecule has 3 heterocycles. The Kier molecular flexibility index (Phi) is 4.90. The van der Waals surface area contributed by atoms with Gasteiger partial charge in [0, 0.05) is 56.6 Å². The van der Waals surface area contributed by atoms with E-state index in [0.29, 0.717) is 0 Å². The second kappa shape index (κ2) is 8.92. The predicted molar refractivity (Wildman–Crippen MR) is 176 cm³/mol. The molecular formula is C39H23N3. The number of hydrogen-bond donors (Lipinski definition) is 0. The number of benzene rings is 6. The van der Waals surface area contributed by atoms with Crippen molar-refractivity contribution in [2.45, 2.75) is 0 Å². The molecule has 0 bridgehead atoms. The minimum Gasteiger partial charge on any atom is -0.264 e. The molecule has 0 aliphatic rings. The highest BCUT2D eigenvalue weighted by Crippen LogP contribution is 2.46. The average molecular weight is 534 g/mol. The number of hydrogen-bond acceptors (Lipinski definition) is 3. The highest BCUT2D eigenvalue weighted by atomic mass is 14.7. The largest absolute Gasteiger partial charge is 0.264 e. The number of pyridine rings is 3. The summed E-state index contributed by atoms with van der Waals surface area (Å²) in [5.41, 5.74) is 6.41. The summed E-state index contributed by atoms with van der Waals surface area (Å²) < 4.78 is 0. The summed E-state index contributed by atoms with van der Waals surface area (Å²) in [5, 5.41) is 11.7. The van der Waals surface area contributed by atoms with E-state index in [-0.39, 0.29) is 0 Å². The van der Waals surface area contributed by atoms with Crippen LogP contribution in [0.25, 0.3) is 87.3 Å². The minimum atomic E-state index is 0.977. The molecule has 6 aromatic carbocycles. The Bertz CT molecular complexity index is 2460. The Morgan fingerprint density at radius 3 is 1.76 bits per heavy atom. The number of aromatic nitrogens is 3. The van der Waals surface area contributed by atoms with Crippen LogP contribution in [0.1, 0.15) is 0 Å². The van der Waals surface area contributed by atoms with E-state index in [0.717, 1.165) is 44.0 Å². The van der Waals surface area contributed by atoms with Crippen molar-refractivity contribution in [3.63, 3.8) is 0 Å². The van der Waals surface area contributed by atoms with Crippen LogP contribution in [0.3, 0.4) is 0 Å². The lowest BCUT2D eigenvalue weighted by molar-refractivity contribution is 1.33. The van der Waals surface area contributed by atoms with E-state index < -0.39 is 0 Å². The molecule has 0 aliphatic carbocycles. The van der Waals surface area contributed by atoms with Gasteiger partial charge in [0.2, 0.25) is 0 Å². The molecule has 9 rings (SSSR count). The normalized spacial score (nSPS) is 11.8. The summed E-state index contributed by atoms with van der Waals surface area (Å²) in [6, 6.07) is 43.0. The van der Waals surface area contributed by atoms with Crippen molar-refractivity contribution in [3.05, 3.63) is 140 Å². The van der Waals surface area contributed by atoms with Gasteiger partial charge in [-0.1, -0.05) is 97.1 Å². The van der Waals surface area contributed by atoms with E-state index in [1.54, 1.807) is 0 Å². The molecule has 0 radical (unpaired) electrons. The van der Waals surface area contributed by atoms with Crippen LogP contribution in [0.2, 0.25) is 0 Å². The number of fused-ring (bicyclic) bond motifs is 9. The standard InChI is InChI=1S/C39H23N3/c1-2-12-26-24(10-1)23-41-34-20-19-32-36(38(26)34)31-17-7-8-18-33(31)42-39(32)37-29-15-5-3-13-27(29)35(25-11-9-21-40-22-25)28-14-4-6-16-30(28)37/h1-23H. The quantitative estimate of drug-likeness (QED) is 0.164. The number of rotatable bonds is 2. The lowest BCUT2D eigenvalue weighted by Gasteiger charge is -2.19. The summed E-state index contributed by atoms with van der Waals surface area (Å²) in [5.74, 6) is 0. The fourth-order valence-electron chi connectivity index (χ4n) is 6.78. The Hall–Kier alpha value is -5.67. The third-order valence-corrected chi connectivity index (χ3v) is 8.54. The topological polar surface area (TPSA) is 38.7 Å². The Morgan fingerprint density at radius 1 is 0.405 bits per heavy atom. The summed E-state index contributed by atoms with van der Waals surface area (Å²) >= 11 is 0. The van der Waals surface area contributed by atoms with Gasteiger partial charge in [0.15, 0.2) is 0 Å². The van der Waals surface area contributed by atoms with Crippen molar-refractivity contribution in [1.82, 2.24) is 15.0 Å². The molecular weight excluding hydrogens is 510 g/mol. The SMILES string of the molecule is c1cncc(-c2c3ccccc3c(-c3nc4ccccc4c4c3ccc3ncc5ccccc5c34)c3ccccc23)c1. The number of nitrogens with zero attached hydrogens (tertiary/aromatic N) is 3. The third-order valence-electron chi connectivity index (χ3n) is 8.54. The Labute approximate surface area is 241 Å². The van der Waals surface area contributed by atoms with E-state index in [9.17, 15) is 0 Å². The highest BCUT2D eigenvalue weighted by molar-refractivity contribution is 6.30. The molecule has 0 spiro atoms. The zero-order valence-electron chi connectivity index (χ0n) is 22.6. The van der Waals surface area contributed by atoms with Gasteiger partial charge in [0.25, 0.3) is 0 Å². The van der Waals surface area contributed by atoms with Gasteiger partial charge >= 0.3 is 0 Å². The molecule has 9 aromatic rings. The van der Waals surface area contributed by atoms with Crippen LogP contribution in [0.5, 0.6) is 0 Å². The van der Waals surface area contributed by atoms with E-state index in [1.165, 1.54) is 43.3 Å². The first-order chi connectivity index (χ1) is 20.9. The molecule has 194 valence electrons. The van der Waals surface area contributed by atoms with Gasteiger partial charge in [-0.15, -0.1) is 0 Å². The number of para-hydroxylation sites is 1. The summed E-state index contributed by atoms with van der Waals surface area (Å²) in [7, 11) is 0. The summed E-state index contributed by atoms with van der Waals surface area (Å²) in [6.45, 7) is 0. The van der Waals surface area contributed by atoms with Gasteiger partial charge < -0.3 is 0 Å². The van der Waals surface area contributed by atoms with Crippen molar-refractivity contribution < 1.29 is 0 Å². The second-order valence-corrected chi connectivity index (χ2v) is 10.8. The molecule has 0 unspecified atom stereocenters. The Balaban J connectivity index is 1.53. The van der Waals surface area contributed by atoms with Gasteiger partial charge in [0.05, 0.1) is 16.7 Å². The molecule has 42 heavy (non-hydrogen) atoms. The fourth-order valence-corrected chi connectivity index (χ4v) is 6.78. The van der Waals surface area contributed by atoms with Gasteiger partial charge in [-0.3, -0.25) is 9.97 Å². The van der Waals surface area contributed by atoms with Gasteiger partial charge in [0.1, 0.15) is 0 Å². The van der Waals surface area contributed by atoms with Crippen molar-refractivity contribution in [2.75, 3.05) is 0 Å². The molecule has 0 amide bonds. The van der Waals surface area contributed by atoms with Crippen LogP contribution in [0, 0.1) is 0 Å². The first-order valence-electron chi connectivity index (χ1n) is 14.2. The van der Waals surface area contributed by atoms with E-state index >= 15 is 0 Å². The van der Waals surface area contributed by atoms with Gasteiger partial charge in [-0.25, -0.2) is 4.98 Å². The van der Waals surface area contributed by atoms with Crippen LogP contribution in [0.4, 0.5) is 0 Å². The zero-order chi connectivity index (χ0) is 27.6. The van der Waals surface area contributed by atoms with Crippen LogP contribution < -0.4 is 0 Å². The third kappa shape index (κ3) is 3.25. The van der Waals surface area contributed by atoms with Crippen LogP contribution in [-0.2, 0) is 0 Å². The lowest BCUT2D eigenvalue weighted by atomic mass is 9.86. The molecule has 0 aliphatic heterocycles. The molecule has 3 nitrogen and oxygen atoms in total. The zero-order valence-corrected chi connectivity index (χ0v) is 22.6. The maximum atomic E-state index is 5.43. The summed E-state index contributed by atoms with van der Waals surface area (Å²) in [6.07, 6.45) is 5.77. The maximum absolute atomic E-state index is 5.43. The minimum absolute atomic E-state index is 0.977. The van der Waals surface area contributed by atoms with Crippen LogP contribution >= 0.6 is 0 Å². The molecule has 0 saturated heterocycles. The maximum Gasteiger partial charge on any atom is 0.0800 e. The Morgan fingerprint density at radius 2 is 1.05 bits per heavy atom. The van der Waals surface area contributed by atoms with E-state index in [1.807, 2.05) is 24.7 Å². The van der Waals surface area contributed by atoms with Crippen molar-refractivity contribution >= 4 is 64.9 Å². The first-order valence-corrected chi connectivity index (χ1v) is 14.2. The molecule has 0 N–H and O–H groups in total. The summed E-state index contributed by atoms with van der Waals surface area (Å²) in [4.78, 5) is 14.8. The lowest BCUT2D eigenvalue weighted by Crippen LogP contribution is -1.96. The van der Waals surface area contributed by atoms with Gasteiger partial charge in [-0.05, 0) is 56.8 Å². The molecule has 0 fully saturated rings. The van der Waals surface area contributed by atoms with Crippen LogP contribution in [0.15, 0.2) is 140 Å². The van der Waals surface area contributed by atoms with Crippen molar-refractivity contribution in [1.29, 1.82) is 0 Å². The molecule has 0 saturated carbocycles.